The second-order valence-corrected chi connectivity index (χ2v) is 6.11. The number of aryl methyl sites for hydroxylation is 1. The molecule has 0 amide bonds. The van der Waals surface area contributed by atoms with Gasteiger partial charge in [-0.05, 0) is 37.1 Å². The molecule has 1 atom stereocenters. The Kier molecular flexibility index (Phi) is 6.95. The highest BCUT2D eigenvalue weighted by Gasteiger charge is 2.10. The van der Waals surface area contributed by atoms with Crippen LogP contribution in [0.5, 0.6) is 0 Å². The average molecular weight is 343 g/mol. The number of aliphatic hydroxyl groups is 1. The van der Waals surface area contributed by atoms with Crippen molar-refractivity contribution in [3.63, 3.8) is 0 Å². The highest BCUT2D eigenvalue weighted by Crippen LogP contribution is 2.14. The molecule has 2 N–H and O–H groups in total. The zero-order chi connectivity index (χ0) is 18.2. The fraction of sp³-hybridized carbons (Fsp3) is 0.350. The topological polar surface area (TPSA) is 47.9 Å². The monoisotopic (exact) mass is 343 g/mol. The van der Waals surface area contributed by atoms with E-state index in [9.17, 15) is 9.50 Å². The van der Waals surface area contributed by atoms with Crippen LogP contribution in [0.4, 0.5) is 4.39 Å². The highest BCUT2D eigenvalue weighted by atomic mass is 19.1. The van der Waals surface area contributed by atoms with Crippen molar-refractivity contribution < 1.29 is 9.50 Å². The number of aliphatic imine (C=N–C) groups is 1. The molecular formula is C20H26FN3O. The third-order valence-corrected chi connectivity index (χ3v) is 3.88. The van der Waals surface area contributed by atoms with Gasteiger partial charge in [-0.2, -0.15) is 0 Å². The summed E-state index contributed by atoms with van der Waals surface area (Å²) in [7, 11) is 1.89. The molecule has 5 heteroatoms. The number of nitrogens with zero attached hydrogens (tertiary/aromatic N) is 2. The molecule has 0 aliphatic rings. The van der Waals surface area contributed by atoms with Crippen LogP contribution in [0, 0.1) is 12.7 Å². The first kappa shape index (κ1) is 18.9. The molecular weight excluding hydrogens is 317 g/mol. The van der Waals surface area contributed by atoms with Crippen LogP contribution in [0.15, 0.2) is 53.5 Å². The summed E-state index contributed by atoms with van der Waals surface area (Å²) < 4.78 is 13.3. The van der Waals surface area contributed by atoms with E-state index in [1.54, 1.807) is 6.07 Å². The first-order chi connectivity index (χ1) is 12.0. The van der Waals surface area contributed by atoms with Crippen molar-refractivity contribution >= 4 is 5.96 Å². The Bertz CT molecular complexity index is 700. The van der Waals surface area contributed by atoms with E-state index in [-0.39, 0.29) is 12.4 Å². The molecule has 25 heavy (non-hydrogen) atoms. The minimum absolute atomic E-state index is 0.248. The smallest absolute Gasteiger partial charge is 0.194 e. The van der Waals surface area contributed by atoms with Gasteiger partial charge in [0.15, 0.2) is 5.96 Å². The molecule has 2 aromatic rings. The number of guanidine groups is 1. The fourth-order valence-corrected chi connectivity index (χ4v) is 2.52. The van der Waals surface area contributed by atoms with Crippen molar-refractivity contribution in [1.29, 1.82) is 0 Å². The Balaban J connectivity index is 2.04. The maximum Gasteiger partial charge on any atom is 0.194 e. The largest absolute Gasteiger partial charge is 0.386 e. The van der Waals surface area contributed by atoms with Gasteiger partial charge in [-0.1, -0.05) is 42.0 Å². The summed E-state index contributed by atoms with van der Waals surface area (Å²) in [6.07, 6.45) is -0.656. The van der Waals surface area contributed by atoms with Crippen molar-refractivity contribution in [2.45, 2.75) is 26.5 Å². The van der Waals surface area contributed by atoms with Crippen LogP contribution in [0.3, 0.4) is 0 Å². The molecule has 134 valence electrons. The first-order valence-electron chi connectivity index (χ1n) is 8.48. The molecule has 4 nitrogen and oxygen atoms in total. The molecule has 0 aliphatic heterocycles. The Morgan fingerprint density at radius 1 is 1.24 bits per heavy atom. The van der Waals surface area contributed by atoms with E-state index in [4.69, 9.17) is 0 Å². The summed E-state index contributed by atoms with van der Waals surface area (Å²) in [6.45, 7) is 5.51. The molecule has 0 saturated heterocycles. The molecule has 2 aromatic carbocycles. The van der Waals surface area contributed by atoms with Gasteiger partial charge in [0.05, 0.1) is 12.6 Å². The van der Waals surface area contributed by atoms with Crippen molar-refractivity contribution in [2.75, 3.05) is 20.1 Å². The van der Waals surface area contributed by atoms with Crippen LogP contribution < -0.4 is 5.32 Å². The van der Waals surface area contributed by atoms with Gasteiger partial charge in [-0.15, -0.1) is 0 Å². The van der Waals surface area contributed by atoms with E-state index in [2.05, 4.69) is 10.3 Å². The molecule has 1 unspecified atom stereocenters. The number of nitrogens with one attached hydrogen (secondary N) is 1. The molecule has 0 aliphatic carbocycles. The van der Waals surface area contributed by atoms with Crippen LogP contribution in [0.2, 0.25) is 0 Å². The number of benzene rings is 2. The number of hydrogen-bond donors (Lipinski definition) is 2. The van der Waals surface area contributed by atoms with Crippen molar-refractivity contribution in [3.8, 4) is 0 Å². The minimum atomic E-state index is -0.656. The maximum absolute atomic E-state index is 13.3. The van der Waals surface area contributed by atoms with Gasteiger partial charge < -0.3 is 15.3 Å². The Morgan fingerprint density at radius 2 is 1.96 bits per heavy atom. The maximum atomic E-state index is 13.3. The van der Waals surface area contributed by atoms with E-state index in [0.717, 1.165) is 16.7 Å². The zero-order valence-electron chi connectivity index (χ0n) is 15.0. The van der Waals surface area contributed by atoms with Crippen molar-refractivity contribution in [1.82, 2.24) is 10.2 Å². The summed E-state index contributed by atoms with van der Waals surface area (Å²) in [5.74, 6) is 0.431. The van der Waals surface area contributed by atoms with E-state index in [1.807, 2.05) is 56.1 Å². The SMILES string of the molecule is CCNC(=NCC(O)c1ccc(C)cc1)N(C)Cc1cccc(F)c1. The van der Waals surface area contributed by atoms with Crippen LogP contribution >= 0.6 is 0 Å². The lowest BCUT2D eigenvalue weighted by Crippen LogP contribution is -2.38. The summed E-state index contributed by atoms with van der Waals surface area (Å²) in [5.41, 5.74) is 2.87. The van der Waals surface area contributed by atoms with Gasteiger partial charge in [-0.3, -0.25) is 4.99 Å². The van der Waals surface area contributed by atoms with E-state index in [0.29, 0.717) is 19.0 Å². The van der Waals surface area contributed by atoms with E-state index >= 15 is 0 Å². The predicted octanol–water partition coefficient (Wildman–Crippen LogP) is 3.27. The number of aliphatic hydroxyl groups excluding tert-OH is 1. The summed E-state index contributed by atoms with van der Waals surface area (Å²) in [4.78, 5) is 6.44. The first-order valence-corrected chi connectivity index (χ1v) is 8.48. The Morgan fingerprint density at radius 3 is 2.60 bits per heavy atom. The number of halogens is 1. The van der Waals surface area contributed by atoms with Crippen LogP contribution in [0.25, 0.3) is 0 Å². The lowest BCUT2D eigenvalue weighted by molar-refractivity contribution is 0.186. The van der Waals surface area contributed by atoms with Gasteiger partial charge in [0.2, 0.25) is 0 Å². The van der Waals surface area contributed by atoms with Gasteiger partial charge >= 0.3 is 0 Å². The van der Waals surface area contributed by atoms with Crippen LogP contribution in [0.1, 0.15) is 29.7 Å². The minimum Gasteiger partial charge on any atom is -0.386 e. The standard InChI is InChI=1S/C20H26FN3O/c1-4-22-20(24(3)14-16-6-5-7-18(21)12-16)23-13-19(25)17-10-8-15(2)9-11-17/h5-12,19,25H,4,13-14H2,1-3H3,(H,22,23). The molecule has 0 fully saturated rings. The Hall–Kier alpha value is -2.40. The quantitative estimate of drug-likeness (QED) is 0.625. The molecule has 0 aromatic heterocycles. The molecule has 0 heterocycles. The van der Waals surface area contributed by atoms with Gasteiger partial charge in [0.1, 0.15) is 5.82 Å². The molecule has 0 bridgehead atoms. The highest BCUT2D eigenvalue weighted by molar-refractivity contribution is 5.79. The normalized spacial score (nSPS) is 12.8. The second-order valence-electron chi connectivity index (χ2n) is 6.11. The van der Waals surface area contributed by atoms with E-state index < -0.39 is 6.10 Å². The van der Waals surface area contributed by atoms with E-state index in [1.165, 1.54) is 12.1 Å². The van der Waals surface area contributed by atoms with Gasteiger partial charge in [0, 0.05) is 20.1 Å². The summed E-state index contributed by atoms with van der Waals surface area (Å²) >= 11 is 0. The van der Waals surface area contributed by atoms with Crippen molar-refractivity contribution in [2.24, 2.45) is 4.99 Å². The summed E-state index contributed by atoms with van der Waals surface area (Å²) in [6, 6.07) is 14.3. The van der Waals surface area contributed by atoms with Crippen LogP contribution in [-0.2, 0) is 6.54 Å². The fourth-order valence-electron chi connectivity index (χ4n) is 2.52. The third kappa shape index (κ3) is 5.87. The third-order valence-electron chi connectivity index (χ3n) is 3.88. The summed E-state index contributed by atoms with van der Waals surface area (Å²) in [5, 5.41) is 13.5. The second kappa shape index (κ2) is 9.18. The van der Waals surface area contributed by atoms with Crippen molar-refractivity contribution in [3.05, 3.63) is 71.0 Å². The zero-order valence-corrected chi connectivity index (χ0v) is 15.0. The number of rotatable bonds is 6. The molecule has 0 saturated carbocycles. The predicted molar refractivity (Wildman–Crippen MR) is 100.0 cm³/mol. The van der Waals surface area contributed by atoms with Gasteiger partial charge in [0.25, 0.3) is 0 Å². The lowest BCUT2D eigenvalue weighted by Gasteiger charge is -2.22. The average Bonchev–Trinajstić information content (AvgIpc) is 2.59. The van der Waals surface area contributed by atoms with Gasteiger partial charge in [-0.25, -0.2) is 4.39 Å². The van der Waals surface area contributed by atoms with Crippen LogP contribution in [-0.4, -0.2) is 36.1 Å². The molecule has 0 radical (unpaired) electrons. The Labute approximate surface area is 149 Å². The lowest BCUT2D eigenvalue weighted by atomic mass is 10.1. The number of hydrogen-bond acceptors (Lipinski definition) is 2. The molecule has 0 spiro atoms. The molecule has 2 rings (SSSR count).